The number of carbonyl (C=O) groups is 2. The Labute approximate surface area is 185 Å². The predicted molar refractivity (Wildman–Crippen MR) is 121 cm³/mol. The minimum atomic E-state index is -0.426. The summed E-state index contributed by atoms with van der Waals surface area (Å²) in [5.41, 5.74) is 2.96. The molecule has 1 amide bonds. The summed E-state index contributed by atoms with van der Waals surface area (Å²) >= 11 is 1.52. The lowest BCUT2D eigenvalue weighted by molar-refractivity contribution is 0.0391. The van der Waals surface area contributed by atoms with Gasteiger partial charge in [-0.25, -0.2) is 9.78 Å². The van der Waals surface area contributed by atoms with E-state index in [-0.39, 0.29) is 5.91 Å². The van der Waals surface area contributed by atoms with Crippen LogP contribution in [-0.4, -0.2) is 68.3 Å². The number of fused-ring (bicyclic) bond motifs is 1. The molecule has 0 bridgehead atoms. The highest BCUT2D eigenvalue weighted by molar-refractivity contribution is 7.22. The molecule has 0 N–H and O–H groups in total. The second-order valence-corrected chi connectivity index (χ2v) is 8.46. The molecule has 1 saturated heterocycles. The van der Waals surface area contributed by atoms with Crippen LogP contribution in [0.5, 0.6) is 0 Å². The summed E-state index contributed by atoms with van der Waals surface area (Å²) in [5, 5.41) is 0.677. The van der Waals surface area contributed by atoms with Gasteiger partial charge in [0.05, 0.1) is 36.1 Å². The fourth-order valence-electron chi connectivity index (χ4n) is 3.51. The molecule has 0 saturated carbocycles. The van der Waals surface area contributed by atoms with E-state index < -0.39 is 5.97 Å². The number of rotatable bonds is 6. The number of esters is 1. The topological polar surface area (TPSA) is 72.0 Å². The third-order valence-corrected chi connectivity index (χ3v) is 6.35. The summed E-state index contributed by atoms with van der Waals surface area (Å²) in [4.78, 5) is 33.9. The first-order chi connectivity index (χ1) is 15.0. The normalized spacial score (nSPS) is 14.5. The van der Waals surface area contributed by atoms with Gasteiger partial charge in [-0.2, -0.15) is 0 Å². The van der Waals surface area contributed by atoms with Crippen LogP contribution in [0, 0.1) is 6.92 Å². The molecule has 1 aliphatic rings. The van der Waals surface area contributed by atoms with Crippen molar-refractivity contribution in [3.63, 3.8) is 0 Å². The molecule has 0 atom stereocenters. The third kappa shape index (κ3) is 4.92. The minimum Gasteiger partial charge on any atom is -0.465 e. The van der Waals surface area contributed by atoms with Crippen molar-refractivity contribution in [2.45, 2.75) is 6.92 Å². The molecular weight excluding hydrogens is 414 g/mol. The van der Waals surface area contributed by atoms with Crippen LogP contribution in [0.4, 0.5) is 5.13 Å². The molecule has 162 valence electrons. The fourth-order valence-corrected chi connectivity index (χ4v) is 4.60. The number of aryl methyl sites for hydroxylation is 1. The van der Waals surface area contributed by atoms with Gasteiger partial charge in [0.15, 0.2) is 5.13 Å². The van der Waals surface area contributed by atoms with E-state index in [1.807, 2.05) is 19.1 Å². The van der Waals surface area contributed by atoms with E-state index in [2.05, 4.69) is 11.0 Å². The maximum absolute atomic E-state index is 13.4. The molecule has 3 aromatic rings. The van der Waals surface area contributed by atoms with Crippen molar-refractivity contribution in [1.29, 1.82) is 0 Å². The van der Waals surface area contributed by atoms with Crippen LogP contribution in [0.1, 0.15) is 26.3 Å². The maximum Gasteiger partial charge on any atom is 0.337 e. The molecule has 4 rings (SSSR count). The molecule has 8 heteroatoms. The Balaban J connectivity index is 1.61. The van der Waals surface area contributed by atoms with Crippen LogP contribution in [0.15, 0.2) is 42.5 Å². The van der Waals surface area contributed by atoms with Gasteiger partial charge in [-0.15, -0.1) is 0 Å². The number of ether oxygens (including phenoxy) is 2. The number of aromatic nitrogens is 1. The average Bonchev–Trinajstić information content (AvgIpc) is 3.22. The lowest BCUT2D eigenvalue weighted by Crippen LogP contribution is -2.43. The number of nitrogens with zero attached hydrogens (tertiary/aromatic N) is 3. The van der Waals surface area contributed by atoms with Crippen molar-refractivity contribution in [1.82, 2.24) is 9.88 Å². The minimum absolute atomic E-state index is 0.138. The van der Waals surface area contributed by atoms with Crippen LogP contribution in [0.25, 0.3) is 10.2 Å². The van der Waals surface area contributed by atoms with Gasteiger partial charge in [0.25, 0.3) is 5.91 Å². The van der Waals surface area contributed by atoms with E-state index in [1.165, 1.54) is 18.4 Å². The molecule has 2 aromatic carbocycles. The Morgan fingerprint density at radius 2 is 1.84 bits per heavy atom. The first-order valence-electron chi connectivity index (χ1n) is 10.2. The van der Waals surface area contributed by atoms with E-state index in [4.69, 9.17) is 14.5 Å². The first kappa shape index (κ1) is 21.4. The quantitative estimate of drug-likeness (QED) is 0.549. The van der Waals surface area contributed by atoms with Crippen LogP contribution < -0.4 is 4.90 Å². The van der Waals surface area contributed by atoms with Crippen molar-refractivity contribution in [2.24, 2.45) is 0 Å². The highest BCUT2D eigenvalue weighted by Crippen LogP contribution is 2.30. The van der Waals surface area contributed by atoms with Crippen LogP contribution in [-0.2, 0) is 9.47 Å². The van der Waals surface area contributed by atoms with Crippen molar-refractivity contribution in [3.05, 3.63) is 59.2 Å². The predicted octanol–water partition coefficient (Wildman–Crippen LogP) is 3.37. The van der Waals surface area contributed by atoms with Crippen LogP contribution >= 0.6 is 11.3 Å². The van der Waals surface area contributed by atoms with Crippen LogP contribution in [0.3, 0.4) is 0 Å². The monoisotopic (exact) mass is 439 g/mol. The summed E-state index contributed by atoms with van der Waals surface area (Å²) in [6.07, 6.45) is 0. The lowest BCUT2D eigenvalue weighted by Gasteiger charge is -2.29. The van der Waals surface area contributed by atoms with E-state index >= 15 is 0 Å². The summed E-state index contributed by atoms with van der Waals surface area (Å²) in [6.45, 7) is 6.44. The number of thiazole rings is 1. The third-order valence-electron chi connectivity index (χ3n) is 5.31. The van der Waals surface area contributed by atoms with E-state index in [0.717, 1.165) is 35.4 Å². The van der Waals surface area contributed by atoms with Gasteiger partial charge in [0, 0.05) is 31.7 Å². The number of hydrogen-bond acceptors (Lipinski definition) is 7. The summed E-state index contributed by atoms with van der Waals surface area (Å²) < 4.78 is 11.2. The second kappa shape index (κ2) is 9.55. The van der Waals surface area contributed by atoms with E-state index in [1.54, 1.807) is 29.2 Å². The van der Waals surface area contributed by atoms with E-state index in [9.17, 15) is 9.59 Å². The maximum atomic E-state index is 13.4. The zero-order valence-electron chi connectivity index (χ0n) is 17.7. The molecule has 1 aromatic heterocycles. The van der Waals surface area contributed by atoms with Gasteiger partial charge in [0.2, 0.25) is 0 Å². The van der Waals surface area contributed by atoms with Crippen molar-refractivity contribution >= 4 is 38.6 Å². The Morgan fingerprint density at radius 3 is 2.55 bits per heavy atom. The SMILES string of the molecule is COC(=O)c1ccc(C(=O)N(CCN2CCOCC2)c2nc3ccc(C)cc3s2)cc1. The highest BCUT2D eigenvalue weighted by atomic mass is 32.1. The van der Waals surface area contributed by atoms with Gasteiger partial charge < -0.3 is 9.47 Å². The molecule has 2 heterocycles. The number of hydrogen-bond donors (Lipinski definition) is 0. The highest BCUT2D eigenvalue weighted by Gasteiger charge is 2.23. The molecular formula is C23H25N3O4S. The molecule has 0 unspecified atom stereocenters. The molecule has 1 aliphatic heterocycles. The first-order valence-corrected chi connectivity index (χ1v) is 11.0. The Bertz CT molecular complexity index is 1070. The number of methoxy groups -OCH3 is 1. The molecule has 7 nitrogen and oxygen atoms in total. The second-order valence-electron chi connectivity index (χ2n) is 7.45. The van der Waals surface area contributed by atoms with Gasteiger partial charge in [-0.05, 0) is 48.9 Å². The molecule has 0 spiro atoms. The van der Waals surface area contributed by atoms with Crippen molar-refractivity contribution in [2.75, 3.05) is 51.4 Å². The zero-order valence-corrected chi connectivity index (χ0v) is 18.5. The molecule has 0 radical (unpaired) electrons. The van der Waals surface area contributed by atoms with Crippen molar-refractivity contribution in [3.8, 4) is 0 Å². The fraction of sp³-hybridized carbons (Fsp3) is 0.348. The largest absolute Gasteiger partial charge is 0.465 e. The number of anilines is 1. The number of benzene rings is 2. The number of amides is 1. The number of carbonyl (C=O) groups excluding carboxylic acids is 2. The summed E-state index contributed by atoms with van der Waals surface area (Å²) in [6, 6.07) is 12.6. The van der Waals surface area contributed by atoms with Gasteiger partial charge in [0.1, 0.15) is 0 Å². The average molecular weight is 440 g/mol. The van der Waals surface area contributed by atoms with Crippen LogP contribution in [0.2, 0.25) is 0 Å². The number of morpholine rings is 1. The Morgan fingerprint density at radius 1 is 1.13 bits per heavy atom. The molecule has 31 heavy (non-hydrogen) atoms. The standard InChI is InChI=1S/C23H25N3O4S/c1-16-3-8-19-20(15-16)31-23(24-19)26(10-9-25-11-13-30-14-12-25)21(27)17-4-6-18(7-5-17)22(28)29-2/h3-8,15H,9-14H2,1-2H3. The van der Waals surface area contributed by atoms with E-state index in [0.29, 0.717) is 36.0 Å². The Kier molecular flexibility index (Phi) is 6.60. The molecule has 1 fully saturated rings. The van der Waals surface area contributed by atoms with Gasteiger partial charge >= 0.3 is 5.97 Å². The summed E-state index contributed by atoms with van der Waals surface area (Å²) in [7, 11) is 1.34. The zero-order chi connectivity index (χ0) is 21.8. The smallest absolute Gasteiger partial charge is 0.337 e. The molecule has 0 aliphatic carbocycles. The lowest BCUT2D eigenvalue weighted by atomic mass is 10.1. The van der Waals surface area contributed by atoms with Gasteiger partial charge in [-0.1, -0.05) is 17.4 Å². The Hall–Kier alpha value is -2.81. The van der Waals surface area contributed by atoms with Crippen molar-refractivity contribution < 1.29 is 19.1 Å². The summed E-state index contributed by atoms with van der Waals surface area (Å²) in [5.74, 6) is -0.565. The van der Waals surface area contributed by atoms with Gasteiger partial charge in [-0.3, -0.25) is 14.6 Å².